The molecule has 1 rings (SSSR count). The zero-order valence-electron chi connectivity index (χ0n) is 9.66. The number of ketones is 1. The number of allylic oxidation sites excluding steroid dienone is 1. The first-order valence-corrected chi connectivity index (χ1v) is 5.56. The Morgan fingerprint density at radius 3 is 3.00 bits per heavy atom. The standard InChI is InChI=1S/C12H18O4/c1-3-5-7-12(11(14)16-4-2)9-15-8-6-10(12)13/h3H,1,4-9H2,2H3. The molecule has 4 nitrogen and oxygen atoms in total. The number of carbonyl (C=O) groups is 2. The molecule has 0 radical (unpaired) electrons. The molecule has 1 fully saturated rings. The maximum absolute atomic E-state index is 11.9. The summed E-state index contributed by atoms with van der Waals surface area (Å²) in [4.78, 5) is 23.8. The Labute approximate surface area is 95.6 Å². The average molecular weight is 226 g/mol. The first-order valence-electron chi connectivity index (χ1n) is 5.56. The summed E-state index contributed by atoms with van der Waals surface area (Å²) in [5.41, 5.74) is -1.09. The normalized spacial score (nSPS) is 25.2. The summed E-state index contributed by atoms with van der Waals surface area (Å²) >= 11 is 0. The quantitative estimate of drug-likeness (QED) is 0.405. The molecular formula is C12H18O4. The summed E-state index contributed by atoms with van der Waals surface area (Å²) in [6, 6.07) is 0. The number of hydrogen-bond acceptors (Lipinski definition) is 4. The Balaban J connectivity index is 2.85. The topological polar surface area (TPSA) is 52.6 Å². The highest BCUT2D eigenvalue weighted by molar-refractivity contribution is 6.04. The van der Waals surface area contributed by atoms with Gasteiger partial charge < -0.3 is 9.47 Å². The molecule has 90 valence electrons. The molecule has 0 aromatic heterocycles. The molecule has 1 aliphatic rings. The van der Waals surface area contributed by atoms with E-state index in [0.29, 0.717) is 19.4 Å². The van der Waals surface area contributed by atoms with Gasteiger partial charge >= 0.3 is 5.97 Å². The predicted molar refractivity (Wildman–Crippen MR) is 58.9 cm³/mol. The SMILES string of the molecule is C=CCCC1(C(=O)OCC)COCCC1=O. The van der Waals surface area contributed by atoms with Crippen LogP contribution in [-0.2, 0) is 19.1 Å². The lowest BCUT2D eigenvalue weighted by atomic mass is 9.77. The number of Topliss-reactive ketones (excluding diaryl/α,β-unsaturated/α-hetero) is 1. The van der Waals surface area contributed by atoms with Gasteiger partial charge in [-0.05, 0) is 19.8 Å². The highest BCUT2D eigenvalue weighted by atomic mass is 16.5. The van der Waals surface area contributed by atoms with E-state index in [2.05, 4.69) is 6.58 Å². The van der Waals surface area contributed by atoms with Gasteiger partial charge in [0.15, 0.2) is 5.78 Å². The molecule has 0 aromatic carbocycles. The van der Waals surface area contributed by atoms with E-state index < -0.39 is 11.4 Å². The Kier molecular flexibility index (Phi) is 4.68. The average Bonchev–Trinajstić information content (AvgIpc) is 2.28. The molecule has 1 saturated heterocycles. The van der Waals surface area contributed by atoms with Crippen molar-refractivity contribution in [3.8, 4) is 0 Å². The summed E-state index contributed by atoms with van der Waals surface area (Å²) in [6.07, 6.45) is 3.01. The predicted octanol–water partition coefficient (Wildman–Crippen LogP) is 1.49. The number of ether oxygens (including phenoxy) is 2. The summed E-state index contributed by atoms with van der Waals surface area (Å²) in [5, 5.41) is 0. The van der Waals surface area contributed by atoms with Crippen LogP contribution < -0.4 is 0 Å². The van der Waals surface area contributed by atoms with E-state index in [1.54, 1.807) is 13.0 Å². The number of rotatable bonds is 5. The Hall–Kier alpha value is -1.16. The molecule has 0 bridgehead atoms. The van der Waals surface area contributed by atoms with Crippen LogP contribution in [0.3, 0.4) is 0 Å². The maximum Gasteiger partial charge on any atom is 0.322 e. The molecule has 4 heteroatoms. The van der Waals surface area contributed by atoms with E-state index in [0.717, 1.165) is 0 Å². The first-order chi connectivity index (χ1) is 7.67. The van der Waals surface area contributed by atoms with Crippen LogP contribution in [0.1, 0.15) is 26.2 Å². The van der Waals surface area contributed by atoms with Crippen molar-refractivity contribution >= 4 is 11.8 Å². The van der Waals surface area contributed by atoms with Crippen molar-refractivity contribution in [3.05, 3.63) is 12.7 Å². The van der Waals surface area contributed by atoms with Crippen molar-refractivity contribution in [2.45, 2.75) is 26.2 Å². The van der Waals surface area contributed by atoms with Gasteiger partial charge in [0, 0.05) is 6.42 Å². The van der Waals surface area contributed by atoms with Crippen molar-refractivity contribution in [2.24, 2.45) is 5.41 Å². The zero-order valence-corrected chi connectivity index (χ0v) is 9.66. The maximum atomic E-state index is 11.9. The highest BCUT2D eigenvalue weighted by Crippen LogP contribution is 2.32. The van der Waals surface area contributed by atoms with Gasteiger partial charge in [-0.3, -0.25) is 9.59 Å². The monoisotopic (exact) mass is 226 g/mol. The Bertz CT molecular complexity index is 285. The van der Waals surface area contributed by atoms with Crippen LogP contribution in [0, 0.1) is 5.41 Å². The number of carbonyl (C=O) groups excluding carboxylic acids is 2. The van der Waals surface area contributed by atoms with E-state index >= 15 is 0 Å². The molecular weight excluding hydrogens is 208 g/mol. The second-order valence-electron chi connectivity index (χ2n) is 3.86. The van der Waals surface area contributed by atoms with E-state index in [9.17, 15) is 9.59 Å². The summed E-state index contributed by atoms with van der Waals surface area (Å²) < 4.78 is 10.2. The third-order valence-electron chi connectivity index (χ3n) is 2.80. The van der Waals surface area contributed by atoms with Gasteiger partial charge in [-0.15, -0.1) is 6.58 Å². The van der Waals surface area contributed by atoms with Crippen molar-refractivity contribution in [1.29, 1.82) is 0 Å². The largest absolute Gasteiger partial charge is 0.465 e. The van der Waals surface area contributed by atoms with Crippen molar-refractivity contribution in [2.75, 3.05) is 19.8 Å². The van der Waals surface area contributed by atoms with Crippen molar-refractivity contribution in [3.63, 3.8) is 0 Å². The van der Waals surface area contributed by atoms with E-state index in [-0.39, 0.29) is 25.4 Å². The molecule has 0 aliphatic carbocycles. The lowest BCUT2D eigenvalue weighted by Crippen LogP contribution is -2.48. The smallest absolute Gasteiger partial charge is 0.322 e. The van der Waals surface area contributed by atoms with Crippen LogP contribution >= 0.6 is 0 Å². The van der Waals surface area contributed by atoms with Gasteiger partial charge in [0.2, 0.25) is 0 Å². The van der Waals surface area contributed by atoms with Crippen LogP contribution in [-0.4, -0.2) is 31.6 Å². The van der Waals surface area contributed by atoms with Gasteiger partial charge in [-0.1, -0.05) is 6.08 Å². The van der Waals surface area contributed by atoms with Gasteiger partial charge in [0.25, 0.3) is 0 Å². The molecule has 1 atom stereocenters. The highest BCUT2D eigenvalue weighted by Gasteiger charge is 2.48. The molecule has 0 amide bonds. The third kappa shape index (κ3) is 2.50. The van der Waals surface area contributed by atoms with Gasteiger partial charge in [0.05, 0.1) is 19.8 Å². The van der Waals surface area contributed by atoms with Crippen LogP contribution in [0.5, 0.6) is 0 Å². The Morgan fingerprint density at radius 2 is 2.44 bits per heavy atom. The molecule has 0 aromatic rings. The second kappa shape index (κ2) is 5.80. The number of esters is 1. The molecule has 1 aliphatic heterocycles. The zero-order chi connectivity index (χ0) is 12.0. The van der Waals surface area contributed by atoms with Crippen molar-refractivity contribution in [1.82, 2.24) is 0 Å². The van der Waals surface area contributed by atoms with E-state index in [1.807, 2.05) is 0 Å². The van der Waals surface area contributed by atoms with E-state index in [1.165, 1.54) is 0 Å². The van der Waals surface area contributed by atoms with Crippen molar-refractivity contribution < 1.29 is 19.1 Å². The molecule has 0 spiro atoms. The molecule has 0 N–H and O–H groups in total. The van der Waals surface area contributed by atoms with Crippen LogP contribution in [0.4, 0.5) is 0 Å². The molecule has 1 unspecified atom stereocenters. The van der Waals surface area contributed by atoms with Crippen LogP contribution in [0.2, 0.25) is 0 Å². The molecule has 1 heterocycles. The Morgan fingerprint density at radius 1 is 1.69 bits per heavy atom. The summed E-state index contributed by atoms with van der Waals surface area (Å²) in [6.45, 7) is 6.15. The molecule has 16 heavy (non-hydrogen) atoms. The van der Waals surface area contributed by atoms with Gasteiger partial charge in [-0.25, -0.2) is 0 Å². The molecule has 0 saturated carbocycles. The summed E-state index contributed by atoms with van der Waals surface area (Å²) in [7, 11) is 0. The minimum Gasteiger partial charge on any atom is -0.465 e. The first kappa shape index (κ1) is 12.9. The number of hydrogen-bond donors (Lipinski definition) is 0. The fourth-order valence-corrected chi connectivity index (χ4v) is 1.84. The minimum absolute atomic E-state index is 0.0703. The van der Waals surface area contributed by atoms with Crippen LogP contribution in [0.15, 0.2) is 12.7 Å². The lowest BCUT2D eigenvalue weighted by Gasteiger charge is -2.32. The fraction of sp³-hybridized carbons (Fsp3) is 0.667. The fourth-order valence-electron chi connectivity index (χ4n) is 1.84. The second-order valence-corrected chi connectivity index (χ2v) is 3.86. The van der Waals surface area contributed by atoms with Gasteiger partial charge in [0.1, 0.15) is 5.41 Å². The van der Waals surface area contributed by atoms with E-state index in [4.69, 9.17) is 9.47 Å². The summed E-state index contributed by atoms with van der Waals surface area (Å²) in [5.74, 6) is -0.527. The van der Waals surface area contributed by atoms with Gasteiger partial charge in [-0.2, -0.15) is 0 Å². The van der Waals surface area contributed by atoms with Crippen LogP contribution in [0.25, 0.3) is 0 Å². The third-order valence-corrected chi connectivity index (χ3v) is 2.80. The lowest BCUT2D eigenvalue weighted by molar-refractivity contribution is -0.169. The minimum atomic E-state index is -1.09.